The topological polar surface area (TPSA) is 125 Å². The summed E-state index contributed by atoms with van der Waals surface area (Å²) in [5.74, 6) is -0.573. The molecule has 172 valence electrons. The number of nitro benzene ring substituents is 1. The van der Waals surface area contributed by atoms with Gasteiger partial charge in [-0.15, -0.1) is 0 Å². The molecule has 0 fully saturated rings. The fraction of sp³-hybridized carbons (Fsp3) is 0.0400. The molecule has 0 aliphatic heterocycles. The van der Waals surface area contributed by atoms with Gasteiger partial charge in [-0.2, -0.15) is 5.10 Å². The second-order valence-corrected chi connectivity index (χ2v) is 7.71. The average molecular weight is 466 g/mol. The molecule has 1 N–H and O–H groups in total. The van der Waals surface area contributed by atoms with Gasteiger partial charge in [0.05, 0.1) is 16.0 Å². The maximum Gasteiger partial charge on any atom is 0.294 e. The number of anilines is 1. The largest absolute Gasteiger partial charge is 0.294 e. The number of imidazole rings is 1. The molecular formula is C25H18N6O4. The fourth-order valence-electron chi connectivity index (χ4n) is 3.86. The van der Waals surface area contributed by atoms with Crippen molar-refractivity contribution in [3.63, 3.8) is 0 Å². The van der Waals surface area contributed by atoms with E-state index in [2.05, 4.69) is 15.4 Å². The minimum absolute atomic E-state index is 0.139. The van der Waals surface area contributed by atoms with Gasteiger partial charge in [-0.05, 0) is 37.3 Å². The number of hydrogen-bond acceptors (Lipinski definition) is 6. The van der Waals surface area contributed by atoms with Crippen molar-refractivity contribution in [3.05, 3.63) is 117 Å². The molecule has 5 aromatic rings. The van der Waals surface area contributed by atoms with Crippen LogP contribution in [0, 0.1) is 17.0 Å². The molecule has 10 heteroatoms. The van der Waals surface area contributed by atoms with Crippen LogP contribution in [-0.2, 0) is 0 Å². The van der Waals surface area contributed by atoms with Crippen molar-refractivity contribution in [1.29, 1.82) is 0 Å². The molecule has 0 spiro atoms. The maximum atomic E-state index is 13.2. The highest BCUT2D eigenvalue weighted by Gasteiger charge is 2.22. The van der Waals surface area contributed by atoms with Gasteiger partial charge in [-0.25, -0.2) is 9.67 Å². The minimum atomic E-state index is -0.783. The van der Waals surface area contributed by atoms with Crippen molar-refractivity contribution in [2.45, 2.75) is 6.92 Å². The molecule has 35 heavy (non-hydrogen) atoms. The van der Waals surface area contributed by atoms with E-state index in [0.29, 0.717) is 11.2 Å². The Morgan fingerprint density at radius 3 is 2.43 bits per heavy atom. The van der Waals surface area contributed by atoms with Gasteiger partial charge in [-0.1, -0.05) is 42.5 Å². The fourth-order valence-corrected chi connectivity index (χ4v) is 3.86. The van der Waals surface area contributed by atoms with Crippen LogP contribution in [0.25, 0.3) is 22.4 Å². The van der Waals surface area contributed by atoms with Gasteiger partial charge >= 0.3 is 0 Å². The summed E-state index contributed by atoms with van der Waals surface area (Å²) in [6, 6.07) is 23.9. The lowest BCUT2D eigenvalue weighted by Crippen LogP contribution is -2.28. The lowest BCUT2D eigenvalue weighted by molar-refractivity contribution is -0.384. The number of rotatable bonds is 5. The monoisotopic (exact) mass is 466 g/mol. The van der Waals surface area contributed by atoms with Gasteiger partial charge in [0.25, 0.3) is 11.6 Å². The van der Waals surface area contributed by atoms with E-state index in [0.717, 1.165) is 11.2 Å². The van der Waals surface area contributed by atoms with E-state index in [-0.39, 0.29) is 17.3 Å². The van der Waals surface area contributed by atoms with Gasteiger partial charge in [0.1, 0.15) is 5.69 Å². The summed E-state index contributed by atoms with van der Waals surface area (Å²) in [5.41, 5.74) is 1.44. The summed E-state index contributed by atoms with van der Waals surface area (Å²) < 4.78 is 2.98. The van der Waals surface area contributed by atoms with E-state index in [1.165, 1.54) is 28.9 Å². The van der Waals surface area contributed by atoms with Crippen LogP contribution in [0.1, 0.15) is 16.2 Å². The molecule has 3 aromatic carbocycles. The molecule has 0 unspecified atom stereocenters. The van der Waals surface area contributed by atoms with E-state index in [1.54, 1.807) is 17.6 Å². The molecular weight excluding hydrogens is 448 g/mol. The second-order valence-electron chi connectivity index (χ2n) is 7.71. The summed E-state index contributed by atoms with van der Waals surface area (Å²) in [5, 5.41) is 18.4. The van der Waals surface area contributed by atoms with E-state index >= 15 is 0 Å². The molecule has 0 aliphatic rings. The van der Waals surface area contributed by atoms with Crippen LogP contribution < -0.4 is 10.7 Å². The van der Waals surface area contributed by atoms with Crippen molar-refractivity contribution < 1.29 is 9.72 Å². The van der Waals surface area contributed by atoms with Crippen LogP contribution in [0.5, 0.6) is 0 Å². The highest BCUT2D eigenvalue weighted by molar-refractivity contribution is 6.03. The molecule has 2 aromatic heterocycles. The highest BCUT2D eigenvalue weighted by Crippen LogP contribution is 2.25. The Kier molecular flexibility index (Phi) is 5.38. The molecule has 0 saturated carbocycles. The third-order valence-corrected chi connectivity index (χ3v) is 5.43. The molecule has 0 bridgehead atoms. The maximum absolute atomic E-state index is 13.2. The SMILES string of the molecule is Cc1cc(=O)c(C(=O)Nc2nc3ccccc3n2-c2ccccc2)nn1-c1ccccc1[N+](=O)[O-]. The Bertz CT molecular complexity index is 1660. The van der Waals surface area contributed by atoms with Gasteiger partial charge in [0.2, 0.25) is 11.4 Å². The first-order chi connectivity index (χ1) is 16.9. The normalized spacial score (nSPS) is 10.9. The molecule has 0 radical (unpaired) electrons. The first-order valence-electron chi connectivity index (χ1n) is 10.6. The lowest BCUT2D eigenvalue weighted by Gasteiger charge is -2.12. The molecule has 0 saturated heterocycles. The van der Waals surface area contributed by atoms with E-state index in [1.807, 2.05) is 54.6 Å². The average Bonchev–Trinajstić information content (AvgIpc) is 3.22. The van der Waals surface area contributed by atoms with E-state index in [9.17, 15) is 19.7 Å². The number of aromatic nitrogens is 4. The Hall–Kier alpha value is -5.12. The van der Waals surface area contributed by atoms with Crippen LogP contribution in [0.15, 0.2) is 89.7 Å². The molecule has 2 heterocycles. The Morgan fingerprint density at radius 1 is 0.971 bits per heavy atom. The van der Waals surface area contributed by atoms with Crippen molar-refractivity contribution >= 4 is 28.6 Å². The van der Waals surface area contributed by atoms with Gasteiger partial charge in [0, 0.05) is 23.5 Å². The zero-order valence-electron chi connectivity index (χ0n) is 18.5. The quantitative estimate of drug-likeness (QED) is 0.308. The number of para-hydroxylation sites is 5. The van der Waals surface area contributed by atoms with E-state index in [4.69, 9.17) is 0 Å². The predicted octanol–water partition coefficient (Wildman–Crippen LogP) is 4.04. The number of benzene rings is 3. The summed E-state index contributed by atoms with van der Waals surface area (Å²) in [7, 11) is 0. The highest BCUT2D eigenvalue weighted by atomic mass is 16.6. The number of nitro groups is 1. The first-order valence-corrected chi connectivity index (χ1v) is 10.6. The Morgan fingerprint density at radius 2 is 1.66 bits per heavy atom. The number of fused-ring (bicyclic) bond motifs is 1. The Labute approximate surface area is 198 Å². The van der Waals surface area contributed by atoms with Crippen molar-refractivity contribution in [3.8, 4) is 11.4 Å². The standard InChI is InChI=1S/C25H18N6O4/c1-16-15-22(32)23(28-30(16)20-13-7-8-14-21(20)31(34)35)24(33)27-25-26-18-11-5-6-12-19(18)29(25)17-9-3-2-4-10-17/h2-15H,1H3,(H,26,27,33). The summed E-state index contributed by atoms with van der Waals surface area (Å²) >= 11 is 0. The van der Waals surface area contributed by atoms with Crippen molar-refractivity contribution in [1.82, 2.24) is 19.3 Å². The third kappa shape index (κ3) is 3.93. The number of carbonyl (C=O) groups excluding carboxylic acids is 1. The summed E-state index contributed by atoms with van der Waals surface area (Å²) in [6.07, 6.45) is 0. The minimum Gasteiger partial charge on any atom is -0.290 e. The van der Waals surface area contributed by atoms with Crippen LogP contribution in [0.3, 0.4) is 0 Å². The van der Waals surface area contributed by atoms with Gasteiger partial charge in [-0.3, -0.25) is 29.6 Å². The first kappa shape index (κ1) is 21.7. The third-order valence-electron chi connectivity index (χ3n) is 5.43. The number of hydrogen-bond donors (Lipinski definition) is 1. The van der Waals surface area contributed by atoms with Crippen LogP contribution in [-0.4, -0.2) is 30.2 Å². The lowest BCUT2D eigenvalue weighted by atomic mass is 10.2. The number of amides is 1. The Balaban J connectivity index is 1.60. The van der Waals surface area contributed by atoms with Crippen molar-refractivity contribution in [2.75, 3.05) is 5.32 Å². The van der Waals surface area contributed by atoms with Crippen LogP contribution >= 0.6 is 0 Å². The van der Waals surface area contributed by atoms with Gasteiger partial charge < -0.3 is 0 Å². The zero-order valence-corrected chi connectivity index (χ0v) is 18.5. The zero-order chi connectivity index (χ0) is 24.5. The number of nitrogens with one attached hydrogen (secondary N) is 1. The number of carbonyl (C=O) groups is 1. The number of aryl methyl sites for hydroxylation is 1. The van der Waals surface area contributed by atoms with Crippen LogP contribution in [0.2, 0.25) is 0 Å². The number of nitrogens with zero attached hydrogens (tertiary/aromatic N) is 5. The van der Waals surface area contributed by atoms with Crippen LogP contribution in [0.4, 0.5) is 11.6 Å². The van der Waals surface area contributed by atoms with Gasteiger partial charge in [0.15, 0.2) is 5.69 Å². The molecule has 5 rings (SSSR count). The molecule has 1 amide bonds. The summed E-state index contributed by atoms with van der Waals surface area (Å²) in [6.45, 7) is 1.58. The second kappa shape index (κ2) is 8.67. The smallest absolute Gasteiger partial charge is 0.290 e. The molecule has 0 aliphatic carbocycles. The molecule has 0 atom stereocenters. The predicted molar refractivity (Wildman–Crippen MR) is 130 cm³/mol. The summed E-state index contributed by atoms with van der Waals surface area (Å²) in [4.78, 5) is 41.4. The van der Waals surface area contributed by atoms with Crippen molar-refractivity contribution in [2.24, 2.45) is 0 Å². The van der Waals surface area contributed by atoms with E-state index < -0.39 is 22.0 Å². The molecule has 10 nitrogen and oxygen atoms in total.